The lowest BCUT2D eigenvalue weighted by molar-refractivity contribution is -0.132. The lowest BCUT2D eigenvalue weighted by atomic mass is 10.3. The Morgan fingerprint density at radius 1 is 1.17 bits per heavy atom. The summed E-state index contributed by atoms with van der Waals surface area (Å²) < 4.78 is 5.25. The van der Waals surface area contributed by atoms with Crippen LogP contribution >= 0.6 is 0 Å². The monoisotopic (exact) mass is 331 g/mol. The maximum absolute atomic E-state index is 12.3. The zero-order valence-corrected chi connectivity index (χ0v) is 14.2. The van der Waals surface area contributed by atoms with Gasteiger partial charge in [-0.25, -0.2) is 0 Å². The Hall–Kier alpha value is -2.08. The van der Waals surface area contributed by atoms with E-state index >= 15 is 0 Å². The lowest BCUT2D eigenvalue weighted by Crippen LogP contribution is -2.38. The van der Waals surface area contributed by atoms with E-state index in [1.165, 1.54) is 0 Å². The third-order valence-corrected chi connectivity index (χ3v) is 4.58. The maximum Gasteiger partial charge on any atom is 0.238 e. The number of ether oxygens (including phenoxy) is 1. The summed E-state index contributed by atoms with van der Waals surface area (Å²) in [5, 5.41) is 2.91. The van der Waals surface area contributed by atoms with E-state index in [0.717, 1.165) is 45.4 Å². The SMILES string of the molecule is COc1ccccc1NC(=O)CN1CCCN(C(=O)C2CC2)CC1. The van der Waals surface area contributed by atoms with Gasteiger partial charge in [0, 0.05) is 32.1 Å². The van der Waals surface area contributed by atoms with E-state index in [1.807, 2.05) is 29.2 Å². The number of nitrogens with one attached hydrogen (secondary N) is 1. The number of methoxy groups -OCH3 is 1. The van der Waals surface area contributed by atoms with Gasteiger partial charge in [-0.05, 0) is 31.4 Å². The van der Waals surface area contributed by atoms with E-state index in [2.05, 4.69) is 10.2 Å². The van der Waals surface area contributed by atoms with Crippen LogP contribution in [0.15, 0.2) is 24.3 Å². The van der Waals surface area contributed by atoms with E-state index in [4.69, 9.17) is 4.74 Å². The highest BCUT2D eigenvalue weighted by Gasteiger charge is 2.34. The zero-order valence-electron chi connectivity index (χ0n) is 14.2. The Morgan fingerprint density at radius 2 is 1.96 bits per heavy atom. The highest BCUT2D eigenvalue weighted by atomic mass is 16.5. The van der Waals surface area contributed by atoms with Gasteiger partial charge >= 0.3 is 0 Å². The summed E-state index contributed by atoms with van der Waals surface area (Å²) in [5.41, 5.74) is 0.686. The number of carbonyl (C=O) groups is 2. The van der Waals surface area contributed by atoms with Gasteiger partial charge in [-0.15, -0.1) is 0 Å². The summed E-state index contributed by atoms with van der Waals surface area (Å²) in [6.45, 7) is 3.45. The predicted octanol–water partition coefficient (Wildman–Crippen LogP) is 1.58. The Kier molecular flexibility index (Phi) is 5.35. The van der Waals surface area contributed by atoms with E-state index in [9.17, 15) is 9.59 Å². The molecule has 2 fully saturated rings. The molecule has 1 heterocycles. The van der Waals surface area contributed by atoms with Crippen LogP contribution in [0.4, 0.5) is 5.69 Å². The average Bonchev–Trinajstić information content (AvgIpc) is 3.42. The smallest absolute Gasteiger partial charge is 0.238 e. The van der Waals surface area contributed by atoms with Crippen LogP contribution in [-0.2, 0) is 9.59 Å². The normalized spacial score (nSPS) is 18.8. The summed E-state index contributed by atoms with van der Waals surface area (Å²) in [6, 6.07) is 7.39. The van der Waals surface area contributed by atoms with Crippen molar-refractivity contribution in [3.05, 3.63) is 24.3 Å². The summed E-state index contributed by atoms with van der Waals surface area (Å²) in [7, 11) is 1.59. The molecule has 1 saturated heterocycles. The second kappa shape index (κ2) is 7.66. The minimum absolute atomic E-state index is 0.0542. The molecule has 0 radical (unpaired) electrons. The molecule has 1 aromatic rings. The first kappa shape index (κ1) is 16.8. The molecule has 0 aromatic heterocycles. The molecular weight excluding hydrogens is 306 g/mol. The number of para-hydroxylation sites is 2. The van der Waals surface area contributed by atoms with Crippen LogP contribution in [0.5, 0.6) is 5.75 Å². The van der Waals surface area contributed by atoms with Crippen LogP contribution in [0.25, 0.3) is 0 Å². The van der Waals surface area contributed by atoms with Crippen LogP contribution in [0.2, 0.25) is 0 Å². The molecule has 6 nitrogen and oxygen atoms in total. The van der Waals surface area contributed by atoms with Gasteiger partial charge in [0.2, 0.25) is 11.8 Å². The second-order valence-corrected chi connectivity index (χ2v) is 6.48. The predicted molar refractivity (Wildman–Crippen MR) is 92.0 cm³/mol. The van der Waals surface area contributed by atoms with Crippen molar-refractivity contribution in [3.8, 4) is 5.75 Å². The van der Waals surface area contributed by atoms with E-state index in [-0.39, 0.29) is 11.8 Å². The van der Waals surface area contributed by atoms with Crippen LogP contribution in [0, 0.1) is 5.92 Å². The summed E-state index contributed by atoms with van der Waals surface area (Å²) in [6.07, 6.45) is 3.00. The molecule has 0 atom stereocenters. The van der Waals surface area contributed by atoms with E-state index in [1.54, 1.807) is 7.11 Å². The summed E-state index contributed by atoms with van der Waals surface area (Å²) in [4.78, 5) is 28.6. The van der Waals surface area contributed by atoms with Gasteiger partial charge in [0.15, 0.2) is 0 Å². The van der Waals surface area contributed by atoms with Crippen molar-refractivity contribution in [2.45, 2.75) is 19.3 Å². The van der Waals surface area contributed by atoms with Crippen LogP contribution in [0.1, 0.15) is 19.3 Å². The molecule has 1 aromatic carbocycles. The maximum atomic E-state index is 12.3. The molecule has 0 spiro atoms. The molecule has 130 valence electrons. The van der Waals surface area contributed by atoms with E-state index < -0.39 is 0 Å². The molecule has 0 bridgehead atoms. The number of anilines is 1. The van der Waals surface area contributed by atoms with Crippen molar-refractivity contribution in [1.29, 1.82) is 0 Å². The molecule has 1 saturated carbocycles. The first-order valence-corrected chi connectivity index (χ1v) is 8.61. The molecule has 1 aliphatic heterocycles. The highest BCUT2D eigenvalue weighted by Crippen LogP contribution is 2.31. The fourth-order valence-corrected chi connectivity index (χ4v) is 3.08. The Bertz CT molecular complexity index is 601. The van der Waals surface area contributed by atoms with Gasteiger partial charge in [-0.3, -0.25) is 14.5 Å². The fraction of sp³-hybridized carbons (Fsp3) is 0.556. The quantitative estimate of drug-likeness (QED) is 0.890. The molecule has 3 rings (SSSR count). The van der Waals surface area contributed by atoms with Crippen molar-refractivity contribution >= 4 is 17.5 Å². The number of benzene rings is 1. The van der Waals surface area contributed by atoms with Crippen LogP contribution in [0.3, 0.4) is 0 Å². The molecule has 0 unspecified atom stereocenters. The van der Waals surface area contributed by atoms with Gasteiger partial charge in [-0.2, -0.15) is 0 Å². The number of rotatable bonds is 5. The first-order valence-electron chi connectivity index (χ1n) is 8.61. The van der Waals surface area contributed by atoms with Gasteiger partial charge in [0.1, 0.15) is 5.75 Å². The molecule has 1 aliphatic carbocycles. The minimum atomic E-state index is -0.0542. The zero-order chi connectivity index (χ0) is 16.9. The highest BCUT2D eigenvalue weighted by molar-refractivity contribution is 5.93. The molecule has 24 heavy (non-hydrogen) atoms. The topological polar surface area (TPSA) is 61.9 Å². The molecule has 2 aliphatic rings. The third-order valence-electron chi connectivity index (χ3n) is 4.58. The fourth-order valence-electron chi connectivity index (χ4n) is 3.08. The Morgan fingerprint density at radius 3 is 2.71 bits per heavy atom. The molecule has 2 amide bonds. The summed E-state index contributed by atoms with van der Waals surface area (Å²) in [5.74, 6) is 1.17. The Balaban J connectivity index is 1.50. The van der Waals surface area contributed by atoms with Gasteiger partial charge in [0.25, 0.3) is 0 Å². The number of carbonyl (C=O) groups excluding carboxylic acids is 2. The minimum Gasteiger partial charge on any atom is -0.495 e. The number of hydrogen-bond acceptors (Lipinski definition) is 4. The van der Waals surface area contributed by atoms with Crippen molar-refractivity contribution in [2.24, 2.45) is 5.92 Å². The number of hydrogen-bond donors (Lipinski definition) is 1. The van der Waals surface area contributed by atoms with Crippen molar-refractivity contribution in [1.82, 2.24) is 9.80 Å². The Labute approximate surface area is 142 Å². The third kappa shape index (κ3) is 4.26. The molecule has 1 N–H and O–H groups in total. The van der Waals surface area contributed by atoms with Crippen molar-refractivity contribution < 1.29 is 14.3 Å². The number of amides is 2. The average molecular weight is 331 g/mol. The van der Waals surface area contributed by atoms with Gasteiger partial charge < -0.3 is 15.0 Å². The first-order chi connectivity index (χ1) is 11.7. The lowest BCUT2D eigenvalue weighted by Gasteiger charge is -2.21. The molecular formula is C18H25N3O3. The van der Waals surface area contributed by atoms with Crippen LogP contribution < -0.4 is 10.1 Å². The van der Waals surface area contributed by atoms with Gasteiger partial charge in [-0.1, -0.05) is 12.1 Å². The van der Waals surface area contributed by atoms with Crippen molar-refractivity contribution in [3.63, 3.8) is 0 Å². The van der Waals surface area contributed by atoms with Crippen molar-refractivity contribution in [2.75, 3.05) is 45.2 Å². The van der Waals surface area contributed by atoms with Crippen LogP contribution in [-0.4, -0.2) is 61.4 Å². The van der Waals surface area contributed by atoms with Gasteiger partial charge in [0.05, 0.1) is 19.3 Å². The second-order valence-electron chi connectivity index (χ2n) is 6.48. The largest absolute Gasteiger partial charge is 0.495 e. The standard InChI is InChI=1S/C18H25N3O3/c1-24-16-6-3-2-5-15(16)19-17(22)13-20-9-4-10-21(12-11-20)18(23)14-7-8-14/h2-3,5-6,14H,4,7-13H2,1H3,(H,19,22). The molecule has 6 heteroatoms. The summed E-state index contributed by atoms with van der Waals surface area (Å²) >= 11 is 0. The van der Waals surface area contributed by atoms with E-state index in [0.29, 0.717) is 23.9 Å². The number of nitrogens with zero attached hydrogens (tertiary/aromatic N) is 2.